The molecule has 23 heavy (non-hydrogen) atoms. The van der Waals surface area contributed by atoms with E-state index in [9.17, 15) is 9.90 Å². The molecule has 2 heterocycles. The van der Waals surface area contributed by atoms with E-state index >= 15 is 0 Å². The number of aliphatic carboxylic acids is 1. The number of aliphatic imine (C=N–C) groups is 1. The molecule has 4 nitrogen and oxygen atoms in total. The van der Waals surface area contributed by atoms with E-state index in [1.165, 1.54) is 0 Å². The molecule has 4 rings (SSSR count). The van der Waals surface area contributed by atoms with Gasteiger partial charge in [-0.05, 0) is 50.9 Å². The lowest BCUT2D eigenvalue weighted by atomic mass is 9.74. The summed E-state index contributed by atoms with van der Waals surface area (Å²) in [5, 5.41) is 9.51. The van der Waals surface area contributed by atoms with Gasteiger partial charge in [0, 0.05) is 35.3 Å². The number of carboxylic acids is 1. The largest absolute Gasteiger partial charge is 0.478 e. The first kappa shape index (κ1) is 14.5. The van der Waals surface area contributed by atoms with E-state index in [0.717, 1.165) is 56.4 Å². The number of rotatable bonds is 2. The highest BCUT2D eigenvalue weighted by Gasteiger charge is 2.43. The van der Waals surface area contributed by atoms with Crippen LogP contribution in [0.15, 0.2) is 23.2 Å². The summed E-state index contributed by atoms with van der Waals surface area (Å²) in [7, 11) is 0. The molecule has 1 spiro atoms. The second kappa shape index (κ2) is 5.50. The maximum atomic E-state index is 11.6. The van der Waals surface area contributed by atoms with Crippen LogP contribution < -0.4 is 0 Å². The summed E-state index contributed by atoms with van der Waals surface area (Å²) in [6, 6.07) is 10.4. The Balaban J connectivity index is 1.59. The van der Waals surface area contributed by atoms with Crippen LogP contribution in [0.5, 0.6) is 0 Å². The van der Waals surface area contributed by atoms with Crippen LogP contribution in [0.2, 0.25) is 0 Å². The summed E-state index contributed by atoms with van der Waals surface area (Å²) in [5.74, 6) is -0.839. The Bertz CT molecular complexity index is 684. The standard InChI is InChI=1S/C19H20N2O2/c22-18(23)16-13-19(17-4-2-1-3-15(16)17)7-11-21(12-8-19)14-5-9-20-10-6-14/h1,3,9,13-14H,5-8,10-12H2,(H,22,23). The number of allylic oxidation sites excluding steroid dienone is 1. The van der Waals surface area contributed by atoms with Crippen LogP contribution in [0.25, 0.3) is 5.57 Å². The number of hydrogen-bond acceptors (Lipinski definition) is 3. The number of hydrogen-bond donors (Lipinski definition) is 1. The number of piperidine rings is 1. The highest BCUT2D eigenvalue weighted by atomic mass is 16.4. The monoisotopic (exact) mass is 308 g/mol. The molecule has 1 saturated heterocycles. The van der Waals surface area contributed by atoms with Gasteiger partial charge in [0.2, 0.25) is 0 Å². The summed E-state index contributed by atoms with van der Waals surface area (Å²) in [6.45, 7) is 2.94. The zero-order chi connectivity index (χ0) is 15.9. The Labute approximate surface area is 136 Å². The van der Waals surface area contributed by atoms with Gasteiger partial charge in [0.15, 0.2) is 0 Å². The van der Waals surface area contributed by atoms with E-state index in [1.807, 2.05) is 12.1 Å². The Morgan fingerprint density at radius 2 is 2.22 bits per heavy atom. The van der Waals surface area contributed by atoms with E-state index in [0.29, 0.717) is 11.6 Å². The number of likely N-dealkylation sites (tertiary alicyclic amines) is 1. The Morgan fingerprint density at radius 3 is 2.91 bits per heavy atom. The second-order valence-corrected chi connectivity index (χ2v) is 6.71. The fourth-order valence-electron chi connectivity index (χ4n) is 4.25. The first-order chi connectivity index (χ1) is 11.2. The molecule has 1 unspecified atom stereocenters. The van der Waals surface area contributed by atoms with Crippen LogP contribution in [0, 0.1) is 12.1 Å². The number of nitrogens with zero attached hydrogens (tertiary/aromatic N) is 2. The van der Waals surface area contributed by atoms with Gasteiger partial charge in [0.25, 0.3) is 0 Å². The normalized spacial score (nSPS) is 25.7. The van der Waals surface area contributed by atoms with Crippen molar-refractivity contribution < 1.29 is 9.90 Å². The predicted octanol–water partition coefficient (Wildman–Crippen LogP) is 2.34. The highest BCUT2D eigenvalue weighted by Crippen LogP contribution is 2.46. The third-order valence-electron chi connectivity index (χ3n) is 5.54. The van der Waals surface area contributed by atoms with Gasteiger partial charge in [-0.3, -0.25) is 9.89 Å². The van der Waals surface area contributed by atoms with Gasteiger partial charge in [-0.1, -0.05) is 18.2 Å². The van der Waals surface area contributed by atoms with Crippen LogP contribution in [0.3, 0.4) is 0 Å². The quantitative estimate of drug-likeness (QED) is 0.912. The summed E-state index contributed by atoms with van der Waals surface area (Å²) < 4.78 is 0. The van der Waals surface area contributed by atoms with Gasteiger partial charge >= 0.3 is 5.97 Å². The van der Waals surface area contributed by atoms with E-state index in [-0.39, 0.29) is 5.41 Å². The van der Waals surface area contributed by atoms with Crippen molar-refractivity contribution in [2.24, 2.45) is 4.99 Å². The van der Waals surface area contributed by atoms with Crippen LogP contribution in [-0.4, -0.2) is 47.9 Å². The molecule has 3 aliphatic rings. The molecule has 2 aliphatic heterocycles. The molecule has 0 aromatic heterocycles. The molecule has 0 amide bonds. The molecule has 0 radical (unpaired) electrons. The van der Waals surface area contributed by atoms with Crippen molar-refractivity contribution >= 4 is 17.8 Å². The van der Waals surface area contributed by atoms with E-state index < -0.39 is 5.97 Å². The summed E-state index contributed by atoms with van der Waals surface area (Å²) in [4.78, 5) is 18.5. The Morgan fingerprint density at radius 1 is 1.39 bits per heavy atom. The van der Waals surface area contributed by atoms with Crippen LogP contribution >= 0.6 is 0 Å². The van der Waals surface area contributed by atoms with Crippen LogP contribution in [0.1, 0.15) is 36.8 Å². The molecular formula is C19H20N2O2. The van der Waals surface area contributed by atoms with Crippen LogP contribution in [0.4, 0.5) is 0 Å². The molecule has 1 aromatic rings. The zero-order valence-corrected chi connectivity index (χ0v) is 13.1. The van der Waals surface area contributed by atoms with Crippen LogP contribution in [-0.2, 0) is 10.2 Å². The smallest absolute Gasteiger partial charge is 0.336 e. The van der Waals surface area contributed by atoms with Crippen molar-refractivity contribution in [3.8, 4) is 0 Å². The molecule has 1 atom stereocenters. The molecule has 0 bridgehead atoms. The molecule has 1 fully saturated rings. The molecule has 4 heteroatoms. The van der Waals surface area contributed by atoms with E-state index in [2.05, 4.69) is 28.2 Å². The Hall–Kier alpha value is -2.12. The second-order valence-electron chi connectivity index (χ2n) is 6.71. The van der Waals surface area contributed by atoms with Crippen molar-refractivity contribution in [1.82, 2.24) is 4.90 Å². The zero-order valence-electron chi connectivity index (χ0n) is 13.1. The fourth-order valence-corrected chi connectivity index (χ4v) is 4.25. The van der Waals surface area contributed by atoms with Crippen molar-refractivity contribution in [2.75, 3.05) is 19.6 Å². The lowest BCUT2D eigenvalue weighted by molar-refractivity contribution is -0.130. The summed E-state index contributed by atoms with van der Waals surface area (Å²) >= 11 is 0. The van der Waals surface area contributed by atoms with Crippen molar-refractivity contribution in [3.63, 3.8) is 0 Å². The number of fused-ring (bicyclic) bond motifs is 2. The molecule has 0 saturated carbocycles. The minimum absolute atomic E-state index is 0.167. The topological polar surface area (TPSA) is 52.9 Å². The maximum absolute atomic E-state index is 11.6. The fraction of sp³-hybridized carbons (Fsp3) is 0.474. The third-order valence-corrected chi connectivity index (χ3v) is 5.54. The minimum Gasteiger partial charge on any atom is -0.478 e. The van der Waals surface area contributed by atoms with Crippen molar-refractivity contribution in [1.29, 1.82) is 0 Å². The maximum Gasteiger partial charge on any atom is 0.336 e. The average Bonchev–Trinajstić information content (AvgIpc) is 2.92. The Kier molecular flexibility index (Phi) is 3.46. The number of carboxylic acid groups (broad SMARTS) is 1. The first-order valence-electron chi connectivity index (χ1n) is 8.31. The minimum atomic E-state index is -0.839. The van der Waals surface area contributed by atoms with Gasteiger partial charge in [-0.15, -0.1) is 0 Å². The number of carbonyl (C=O) groups is 1. The van der Waals surface area contributed by atoms with E-state index in [1.54, 1.807) is 6.07 Å². The molecule has 1 aliphatic carbocycles. The first-order valence-corrected chi connectivity index (χ1v) is 8.31. The van der Waals surface area contributed by atoms with Crippen molar-refractivity contribution in [3.05, 3.63) is 41.5 Å². The summed E-state index contributed by atoms with van der Waals surface area (Å²) in [6.07, 6.45) is 8.12. The predicted molar refractivity (Wildman–Crippen MR) is 88.6 cm³/mol. The molecule has 118 valence electrons. The average molecular weight is 308 g/mol. The summed E-state index contributed by atoms with van der Waals surface area (Å²) in [5.41, 5.74) is 2.13. The SMILES string of the molecule is O=C(O)C1=CC2(CCN(C3CC=NCC3)CC2)c2c#cccc21. The lowest BCUT2D eigenvalue weighted by Gasteiger charge is -2.42. The van der Waals surface area contributed by atoms with E-state index in [4.69, 9.17) is 0 Å². The van der Waals surface area contributed by atoms with Gasteiger partial charge in [0.1, 0.15) is 0 Å². The van der Waals surface area contributed by atoms with Gasteiger partial charge in [0.05, 0.1) is 5.57 Å². The van der Waals surface area contributed by atoms with Gasteiger partial charge in [-0.2, -0.15) is 0 Å². The van der Waals surface area contributed by atoms with Crippen molar-refractivity contribution in [2.45, 2.75) is 37.1 Å². The van der Waals surface area contributed by atoms with Gasteiger partial charge < -0.3 is 5.11 Å². The third kappa shape index (κ3) is 2.36. The molecule has 1 aromatic carbocycles. The lowest BCUT2D eigenvalue weighted by Crippen LogP contribution is -2.46. The molecule has 1 N–H and O–H groups in total. The highest BCUT2D eigenvalue weighted by molar-refractivity contribution is 6.17. The molecular weight excluding hydrogens is 288 g/mol. The van der Waals surface area contributed by atoms with Gasteiger partial charge in [-0.25, -0.2) is 4.79 Å².